The summed E-state index contributed by atoms with van der Waals surface area (Å²) in [7, 11) is -2.27. The van der Waals surface area contributed by atoms with E-state index in [2.05, 4.69) is 53.4 Å². The second-order valence-electron chi connectivity index (χ2n) is 7.11. The second kappa shape index (κ2) is 4.81. The maximum atomic E-state index is 2.67. The molecule has 16 heavy (non-hydrogen) atoms. The van der Waals surface area contributed by atoms with Crippen molar-refractivity contribution in [3.8, 4) is 0 Å². The minimum Gasteiger partial charge on any atom is -0.0937 e. The first kappa shape index (κ1) is 14.2. The lowest BCUT2D eigenvalue weighted by molar-refractivity contribution is 0.818. The van der Waals surface area contributed by atoms with Crippen LogP contribution in [0.4, 0.5) is 0 Å². The molecular formula is C14H30Si2. The molecule has 1 aliphatic rings. The van der Waals surface area contributed by atoms with E-state index in [0.717, 1.165) is 11.1 Å². The molecule has 0 aromatic heterocycles. The molecule has 94 valence electrons. The van der Waals surface area contributed by atoms with Gasteiger partial charge in [-0.25, -0.2) is 0 Å². The van der Waals surface area contributed by atoms with Gasteiger partial charge in [-0.2, -0.15) is 0 Å². The molecule has 0 N–H and O–H groups in total. The van der Waals surface area contributed by atoms with Gasteiger partial charge in [0, 0.05) is 0 Å². The van der Waals surface area contributed by atoms with Crippen molar-refractivity contribution in [3.05, 3.63) is 10.9 Å². The Bertz CT molecular complexity index is 261. The van der Waals surface area contributed by atoms with Gasteiger partial charge in [0.25, 0.3) is 0 Å². The molecule has 0 nitrogen and oxygen atoms in total. The van der Waals surface area contributed by atoms with E-state index in [1.165, 1.54) is 12.8 Å². The summed E-state index contributed by atoms with van der Waals surface area (Å²) in [5.41, 5.74) is 1.84. The van der Waals surface area contributed by atoms with Crippen LogP contribution in [-0.4, -0.2) is 16.1 Å². The maximum absolute atomic E-state index is 2.67. The fourth-order valence-electron chi connectivity index (χ4n) is 3.84. The zero-order valence-electron chi connectivity index (χ0n) is 12.4. The van der Waals surface area contributed by atoms with E-state index in [9.17, 15) is 0 Å². The van der Waals surface area contributed by atoms with Crippen molar-refractivity contribution in [3.63, 3.8) is 0 Å². The minimum atomic E-state index is -1.18. The summed E-state index contributed by atoms with van der Waals surface area (Å²) in [5, 5.41) is 0. The third-order valence-electron chi connectivity index (χ3n) is 4.51. The third kappa shape index (κ3) is 2.38. The highest BCUT2D eigenvalue weighted by Crippen LogP contribution is 2.47. The predicted molar refractivity (Wildman–Crippen MR) is 81.4 cm³/mol. The van der Waals surface area contributed by atoms with E-state index in [4.69, 9.17) is 0 Å². The van der Waals surface area contributed by atoms with Crippen molar-refractivity contribution in [1.29, 1.82) is 0 Å². The monoisotopic (exact) mass is 254 g/mol. The van der Waals surface area contributed by atoms with E-state index in [0.29, 0.717) is 0 Å². The summed E-state index contributed by atoms with van der Waals surface area (Å²) in [5.74, 6) is 0. The van der Waals surface area contributed by atoms with Crippen LogP contribution in [0, 0.1) is 0 Å². The molecule has 1 rings (SSSR count). The molecule has 2 heteroatoms. The molecule has 0 unspecified atom stereocenters. The Kier molecular flexibility index (Phi) is 4.28. The van der Waals surface area contributed by atoms with Crippen LogP contribution in [0.3, 0.4) is 0 Å². The van der Waals surface area contributed by atoms with Gasteiger partial charge in [0.1, 0.15) is 0 Å². The van der Waals surface area contributed by atoms with Crippen LogP contribution >= 0.6 is 0 Å². The first-order valence-corrected chi connectivity index (χ1v) is 12.8. The maximum Gasteiger partial charge on any atom is 0.0819 e. The molecular weight excluding hydrogens is 224 g/mol. The van der Waals surface area contributed by atoms with E-state index < -0.39 is 16.1 Å². The van der Waals surface area contributed by atoms with Crippen LogP contribution in [0.15, 0.2) is 10.9 Å². The summed E-state index contributed by atoms with van der Waals surface area (Å²) in [6.07, 6.45) is 5.48. The summed E-state index contributed by atoms with van der Waals surface area (Å²) in [6, 6.07) is 1.55. The number of allylic oxidation sites excluding steroid dienone is 1. The van der Waals surface area contributed by atoms with Crippen molar-refractivity contribution >= 4 is 16.1 Å². The van der Waals surface area contributed by atoms with Gasteiger partial charge in [-0.05, 0) is 17.5 Å². The molecule has 0 atom stereocenters. The molecule has 0 spiro atoms. The van der Waals surface area contributed by atoms with Gasteiger partial charge in [-0.3, -0.25) is 0 Å². The van der Waals surface area contributed by atoms with Gasteiger partial charge in [-0.15, -0.1) is 0 Å². The van der Waals surface area contributed by atoms with E-state index >= 15 is 0 Å². The van der Waals surface area contributed by atoms with Crippen molar-refractivity contribution < 1.29 is 0 Å². The minimum absolute atomic E-state index is 0.922. The summed E-state index contributed by atoms with van der Waals surface area (Å²) >= 11 is 0. The van der Waals surface area contributed by atoms with Crippen molar-refractivity contribution in [2.45, 2.75) is 77.3 Å². The van der Waals surface area contributed by atoms with Gasteiger partial charge >= 0.3 is 0 Å². The second-order valence-corrected chi connectivity index (χ2v) is 18.1. The fraction of sp³-hybridized carbons (Fsp3) is 0.857. The zero-order chi connectivity index (χ0) is 12.6. The van der Waals surface area contributed by atoms with Crippen LogP contribution in [0.1, 0.15) is 40.5 Å². The van der Waals surface area contributed by atoms with Crippen LogP contribution in [-0.2, 0) is 0 Å². The SMILES string of the molecule is CC(C)[Si]1(C(C)C)CCCC=C1[Si](C)(C)C. The largest absolute Gasteiger partial charge is 0.0937 e. The van der Waals surface area contributed by atoms with Crippen LogP contribution < -0.4 is 0 Å². The van der Waals surface area contributed by atoms with E-state index in [1.807, 2.05) is 4.82 Å². The molecule has 0 radical (unpaired) electrons. The summed E-state index contributed by atoms with van der Waals surface area (Å²) in [4.78, 5) is 2.00. The fourth-order valence-corrected chi connectivity index (χ4v) is 17.6. The smallest absolute Gasteiger partial charge is 0.0819 e. The number of hydrogen-bond donors (Lipinski definition) is 0. The standard InChI is InChI=1S/C14H30Si2/c1-12(2)16(13(3)4)11-9-8-10-14(16)15(5,6)7/h10,12-13H,8-9,11H2,1-7H3. The van der Waals surface area contributed by atoms with Gasteiger partial charge < -0.3 is 0 Å². The highest BCUT2D eigenvalue weighted by Gasteiger charge is 2.47. The quantitative estimate of drug-likeness (QED) is 0.592. The molecule has 1 aliphatic heterocycles. The Morgan fingerprint density at radius 2 is 1.56 bits per heavy atom. The van der Waals surface area contributed by atoms with Crippen LogP contribution in [0.2, 0.25) is 36.8 Å². The highest BCUT2D eigenvalue weighted by atomic mass is 28.4. The average molecular weight is 255 g/mol. The average Bonchev–Trinajstić information content (AvgIpc) is 2.15. The van der Waals surface area contributed by atoms with Gasteiger partial charge in [0.15, 0.2) is 0 Å². The Hall–Kier alpha value is 0.174. The van der Waals surface area contributed by atoms with E-state index in [1.54, 1.807) is 6.04 Å². The van der Waals surface area contributed by atoms with Gasteiger partial charge in [0.2, 0.25) is 0 Å². The lowest BCUT2D eigenvalue weighted by atomic mass is 10.3. The van der Waals surface area contributed by atoms with Crippen LogP contribution in [0.25, 0.3) is 0 Å². The predicted octanol–water partition coefficient (Wildman–Crippen LogP) is 5.39. The molecule has 0 saturated heterocycles. The Balaban J connectivity index is 3.25. The summed E-state index contributed by atoms with van der Waals surface area (Å²) < 4.78 is 0. The molecule has 0 aromatic rings. The number of rotatable bonds is 3. The Morgan fingerprint density at radius 1 is 1.06 bits per heavy atom. The lowest BCUT2D eigenvalue weighted by Gasteiger charge is -2.48. The molecule has 0 bridgehead atoms. The molecule has 1 heterocycles. The molecule has 0 saturated carbocycles. The van der Waals surface area contributed by atoms with Crippen molar-refractivity contribution in [2.75, 3.05) is 0 Å². The molecule has 0 aromatic carbocycles. The molecule has 0 aliphatic carbocycles. The van der Waals surface area contributed by atoms with E-state index in [-0.39, 0.29) is 0 Å². The van der Waals surface area contributed by atoms with Crippen molar-refractivity contribution in [2.24, 2.45) is 0 Å². The Labute approximate surface area is 105 Å². The first-order valence-electron chi connectivity index (χ1n) is 6.94. The van der Waals surface area contributed by atoms with Crippen molar-refractivity contribution in [1.82, 2.24) is 0 Å². The lowest BCUT2D eigenvalue weighted by Crippen LogP contribution is -2.52. The highest BCUT2D eigenvalue weighted by molar-refractivity contribution is 7.07. The normalized spacial score (nSPS) is 21.4. The third-order valence-corrected chi connectivity index (χ3v) is 16.5. The molecule has 0 fully saturated rings. The van der Waals surface area contributed by atoms with Crippen LogP contribution in [0.5, 0.6) is 0 Å². The van der Waals surface area contributed by atoms with Gasteiger partial charge in [0.05, 0.1) is 16.1 Å². The topological polar surface area (TPSA) is 0 Å². The zero-order valence-corrected chi connectivity index (χ0v) is 14.4. The first-order chi connectivity index (χ1) is 7.23. The molecule has 0 amide bonds. The Morgan fingerprint density at radius 3 is 1.88 bits per heavy atom. The summed E-state index contributed by atoms with van der Waals surface area (Å²) in [6.45, 7) is 17.6. The van der Waals surface area contributed by atoms with Gasteiger partial charge in [-0.1, -0.05) is 70.7 Å². The number of hydrogen-bond acceptors (Lipinski definition) is 0.